The Hall–Kier alpha value is -0.670. The highest BCUT2D eigenvalue weighted by Gasteiger charge is 2.11. The van der Waals surface area contributed by atoms with Crippen LogP contribution in [0.15, 0.2) is 6.07 Å². The van der Waals surface area contributed by atoms with E-state index in [2.05, 4.69) is 0 Å². The molecule has 0 atom stereocenters. The molecule has 1 aromatic rings. The van der Waals surface area contributed by atoms with E-state index in [-0.39, 0.29) is 5.78 Å². The lowest BCUT2D eigenvalue weighted by atomic mass is 10.1. The first-order chi connectivity index (χ1) is 6.65. The van der Waals surface area contributed by atoms with Crippen LogP contribution in [0, 0.1) is 6.92 Å². The van der Waals surface area contributed by atoms with Gasteiger partial charge in [-0.3, -0.25) is 4.79 Å². The lowest BCUT2D eigenvalue weighted by Gasteiger charge is -1.96. The molecule has 76 valence electrons. The van der Waals surface area contributed by atoms with Crippen molar-refractivity contribution in [3.63, 3.8) is 0 Å². The Kier molecular flexibility index (Phi) is 4.29. The molecule has 0 aromatic carbocycles. The molecule has 2 nitrogen and oxygen atoms in total. The van der Waals surface area contributed by atoms with Crippen molar-refractivity contribution in [1.82, 2.24) is 0 Å². The van der Waals surface area contributed by atoms with Crippen molar-refractivity contribution in [2.45, 2.75) is 26.2 Å². The molecule has 1 aromatic heterocycles. The van der Waals surface area contributed by atoms with Crippen LogP contribution in [0.5, 0.6) is 0 Å². The van der Waals surface area contributed by atoms with Gasteiger partial charge in [-0.15, -0.1) is 11.3 Å². The third-order valence-electron chi connectivity index (χ3n) is 1.91. The van der Waals surface area contributed by atoms with Gasteiger partial charge in [-0.2, -0.15) is 0 Å². The fraction of sp³-hybridized carbons (Fsp3) is 0.400. The lowest BCUT2D eigenvalue weighted by molar-refractivity contribution is -0.107. The van der Waals surface area contributed by atoms with E-state index in [9.17, 15) is 9.59 Å². The van der Waals surface area contributed by atoms with Crippen molar-refractivity contribution in [3.05, 3.63) is 20.8 Å². The Morgan fingerprint density at radius 1 is 1.64 bits per heavy atom. The number of carbonyl (C=O) groups excluding carboxylic acids is 2. The second-order valence-corrected chi connectivity index (χ2v) is 4.89. The van der Waals surface area contributed by atoms with E-state index >= 15 is 0 Å². The molecule has 0 bridgehead atoms. The normalized spacial score (nSPS) is 10.1. The summed E-state index contributed by atoms with van der Waals surface area (Å²) in [6, 6.07) is 1.70. The predicted molar refractivity (Wildman–Crippen MR) is 58.3 cm³/mol. The molecule has 0 N–H and O–H groups in total. The summed E-state index contributed by atoms with van der Waals surface area (Å²) in [6.45, 7) is 1.88. The first-order valence-electron chi connectivity index (χ1n) is 4.38. The molecule has 0 saturated carbocycles. The minimum atomic E-state index is 0.0764. The Bertz CT molecular complexity index is 344. The molecule has 0 unspecified atom stereocenters. The Balaban J connectivity index is 2.60. The van der Waals surface area contributed by atoms with Crippen molar-refractivity contribution < 1.29 is 9.59 Å². The molecule has 0 aliphatic carbocycles. The van der Waals surface area contributed by atoms with Gasteiger partial charge in [0.25, 0.3) is 0 Å². The first-order valence-corrected chi connectivity index (χ1v) is 5.57. The summed E-state index contributed by atoms with van der Waals surface area (Å²) in [4.78, 5) is 22.6. The topological polar surface area (TPSA) is 34.1 Å². The molecule has 0 radical (unpaired) electrons. The molecule has 1 heterocycles. The van der Waals surface area contributed by atoms with Crippen LogP contribution < -0.4 is 0 Å². The van der Waals surface area contributed by atoms with Gasteiger partial charge in [-0.25, -0.2) is 0 Å². The highest BCUT2D eigenvalue weighted by molar-refractivity contribution is 7.16. The second kappa shape index (κ2) is 5.27. The highest BCUT2D eigenvalue weighted by Crippen LogP contribution is 2.26. The zero-order valence-electron chi connectivity index (χ0n) is 7.88. The number of ketones is 1. The van der Waals surface area contributed by atoms with Crippen LogP contribution in [0.1, 0.15) is 34.5 Å². The number of aryl methyl sites for hydroxylation is 1. The smallest absolute Gasteiger partial charge is 0.164 e. The second-order valence-electron chi connectivity index (χ2n) is 3.00. The van der Waals surface area contributed by atoms with Crippen LogP contribution in [0.2, 0.25) is 4.34 Å². The van der Waals surface area contributed by atoms with Gasteiger partial charge >= 0.3 is 0 Å². The van der Waals surface area contributed by atoms with Gasteiger partial charge in [0.15, 0.2) is 5.78 Å². The SMILES string of the molecule is Cc1sc(Cl)cc1C(=O)CCCC=O. The summed E-state index contributed by atoms with van der Waals surface area (Å²) in [5.41, 5.74) is 0.700. The summed E-state index contributed by atoms with van der Waals surface area (Å²) < 4.78 is 0.640. The minimum absolute atomic E-state index is 0.0764. The van der Waals surface area contributed by atoms with Crippen molar-refractivity contribution >= 4 is 35.0 Å². The summed E-state index contributed by atoms with van der Waals surface area (Å²) in [7, 11) is 0. The van der Waals surface area contributed by atoms with E-state index in [4.69, 9.17) is 11.6 Å². The van der Waals surface area contributed by atoms with E-state index < -0.39 is 0 Å². The summed E-state index contributed by atoms with van der Waals surface area (Å²) in [5, 5.41) is 0. The average Bonchev–Trinajstić information content (AvgIpc) is 2.45. The van der Waals surface area contributed by atoms with Crippen LogP contribution in [0.25, 0.3) is 0 Å². The predicted octanol–water partition coefficient (Wildman–Crippen LogP) is 3.26. The summed E-state index contributed by atoms with van der Waals surface area (Å²) >= 11 is 7.19. The molecule has 4 heteroatoms. The van der Waals surface area contributed by atoms with Crippen LogP contribution in [0.4, 0.5) is 0 Å². The molecule has 0 aliphatic rings. The standard InChI is InChI=1S/C10H11ClO2S/c1-7-8(6-10(11)14-7)9(13)4-2-3-5-12/h5-6H,2-4H2,1H3. The number of hydrogen-bond acceptors (Lipinski definition) is 3. The summed E-state index contributed by atoms with van der Waals surface area (Å²) in [5.74, 6) is 0.0764. The zero-order valence-corrected chi connectivity index (χ0v) is 9.45. The van der Waals surface area contributed by atoms with Gasteiger partial charge in [-0.1, -0.05) is 11.6 Å². The molecule has 1 rings (SSSR count). The number of unbranched alkanes of at least 4 members (excludes halogenated alkanes) is 1. The van der Waals surface area contributed by atoms with Crippen molar-refractivity contribution in [1.29, 1.82) is 0 Å². The number of thiophene rings is 1. The largest absolute Gasteiger partial charge is 0.303 e. The summed E-state index contributed by atoms with van der Waals surface area (Å²) in [6.07, 6.45) is 2.32. The van der Waals surface area contributed by atoms with Crippen molar-refractivity contribution in [3.8, 4) is 0 Å². The quantitative estimate of drug-likeness (QED) is 0.442. The molecule has 14 heavy (non-hydrogen) atoms. The van der Waals surface area contributed by atoms with Gasteiger partial charge < -0.3 is 4.79 Å². The number of Topliss-reactive ketones (excluding diaryl/α,β-unsaturated/α-hetero) is 1. The first kappa shape index (κ1) is 11.4. The molecule has 0 aliphatic heterocycles. The lowest BCUT2D eigenvalue weighted by Crippen LogP contribution is -1.98. The molecule has 0 amide bonds. The van der Waals surface area contributed by atoms with Gasteiger partial charge in [0.1, 0.15) is 6.29 Å². The van der Waals surface area contributed by atoms with Gasteiger partial charge in [0.2, 0.25) is 0 Å². The van der Waals surface area contributed by atoms with Crippen LogP contribution in [0.3, 0.4) is 0 Å². The van der Waals surface area contributed by atoms with Gasteiger partial charge in [-0.05, 0) is 19.4 Å². The van der Waals surface area contributed by atoms with E-state index in [1.807, 2.05) is 6.92 Å². The van der Waals surface area contributed by atoms with E-state index in [0.717, 1.165) is 11.2 Å². The molecule has 0 spiro atoms. The fourth-order valence-corrected chi connectivity index (χ4v) is 2.41. The molecule has 0 saturated heterocycles. The Labute approximate surface area is 91.9 Å². The van der Waals surface area contributed by atoms with E-state index in [0.29, 0.717) is 29.2 Å². The van der Waals surface area contributed by atoms with Crippen LogP contribution in [-0.4, -0.2) is 12.1 Å². The number of hydrogen-bond donors (Lipinski definition) is 0. The fourth-order valence-electron chi connectivity index (χ4n) is 1.20. The van der Waals surface area contributed by atoms with Crippen LogP contribution in [-0.2, 0) is 4.79 Å². The van der Waals surface area contributed by atoms with Crippen LogP contribution >= 0.6 is 22.9 Å². The Morgan fingerprint density at radius 2 is 2.36 bits per heavy atom. The monoisotopic (exact) mass is 230 g/mol. The third kappa shape index (κ3) is 2.93. The third-order valence-corrected chi connectivity index (χ3v) is 3.09. The maximum atomic E-state index is 11.6. The number of rotatable bonds is 5. The van der Waals surface area contributed by atoms with E-state index in [1.165, 1.54) is 11.3 Å². The molecular weight excluding hydrogens is 220 g/mol. The number of aldehydes is 1. The van der Waals surface area contributed by atoms with E-state index in [1.54, 1.807) is 6.07 Å². The number of halogens is 1. The van der Waals surface area contributed by atoms with Crippen molar-refractivity contribution in [2.24, 2.45) is 0 Å². The Morgan fingerprint density at radius 3 is 2.86 bits per heavy atom. The maximum absolute atomic E-state index is 11.6. The van der Waals surface area contributed by atoms with Gasteiger partial charge in [0, 0.05) is 23.3 Å². The maximum Gasteiger partial charge on any atom is 0.164 e. The van der Waals surface area contributed by atoms with Gasteiger partial charge in [0.05, 0.1) is 4.34 Å². The minimum Gasteiger partial charge on any atom is -0.303 e. The molecular formula is C10H11ClO2S. The molecule has 0 fully saturated rings. The average molecular weight is 231 g/mol. The number of carbonyl (C=O) groups is 2. The van der Waals surface area contributed by atoms with Crippen molar-refractivity contribution in [2.75, 3.05) is 0 Å². The highest BCUT2D eigenvalue weighted by atomic mass is 35.5. The zero-order chi connectivity index (χ0) is 10.6.